The van der Waals surface area contributed by atoms with Crippen molar-refractivity contribution in [1.82, 2.24) is 10.2 Å². The smallest absolute Gasteiger partial charge is 0.0300 e. The first-order valence-electron chi connectivity index (χ1n) is 6.24. The number of aryl methyl sites for hydroxylation is 2. The zero-order valence-corrected chi connectivity index (χ0v) is 11.2. The Kier molecular flexibility index (Phi) is 4.38. The van der Waals surface area contributed by atoms with E-state index in [2.05, 4.69) is 30.1 Å². The summed E-state index contributed by atoms with van der Waals surface area (Å²) in [5.74, 6) is 0. The van der Waals surface area contributed by atoms with Crippen LogP contribution >= 0.6 is 11.3 Å². The van der Waals surface area contributed by atoms with E-state index in [1.807, 2.05) is 11.3 Å². The largest absolute Gasteiger partial charge is 0.311 e. The maximum Gasteiger partial charge on any atom is 0.0300 e. The first kappa shape index (κ1) is 12.1. The normalized spacial score (nSPS) is 17.1. The van der Waals surface area contributed by atoms with E-state index in [-0.39, 0.29) is 0 Å². The molecule has 1 aromatic heterocycles. The van der Waals surface area contributed by atoms with Crippen molar-refractivity contribution in [3.8, 4) is 0 Å². The van der Waals surface area contributed by atoms with Crippen LogP contribution in [0, 0.1) is 13.8 Å². The fraction of sp³-hybridized carbons (Fsp3) is 0.692. The predicted molar refractivity (Wildman–Crippen MR) is 71.2 cm³/mol. The highest BCUT2D eigenvalue weighted by molar-refractivity contribution is 7.12. The van der Waals surface area contributed by atoms with Gasteiger partial charge in [0.15, 0.2) is 0 Å². The van der Waals surface area contributed by atoms with Crippen LogP contribution in [-0.2, 0) is 6.54 Å². The molecule has 1 fully saturated rings. The molecule has 0 amide bonds. The summed E-state index contributed by atoms with van der Waals surface area (Å²) in [6.45, 7) is 10.4. The molecule has 1 saturated heterocycles. The van der Waals surface area contributed by atoms with Gasteiger partial charge in [-0.3, -0.25) is 0 Å². The van der Waals surface area contributed by atoms with Crippen molar-refractivity contribution in [3.05, 3.63) is 21.4 Å². The van der Waals surface area contributed by atoms with Gasteiger partial charge in [0.1, 0.15) is 0 Å². The van der Waals surface area contributed by atoms with E-state index >= 15 is 0 Å². The lowest BCUT2D eigenvalue weighted by Crippen LogP contribution is -2.29. The summed E-state index contributed by atoms with van der Waals surface area (Å²) in [7, 11) is 0. The second-order valence-corrected chi connectivity index (χ2v) is 6.02. The Bertz CT molecular complexity index is 307. The van der Waals surface area contributed by atoms with Crippen molar-refractivity contribution in [2.45, 2.75) is 33.2 Å². The highest BCUT2D eigenvalue weighted by atomic mass is 32.1. The van der Waals surface area contributed by atoms with E-state index in [0.29, 0.717) is 0 Å². The number of thiophene rings is 1. The Balaban J connectivity index is 1.64. The summed E-state index contributed by atoms with van der Waals surface area (Å²) in [5.41, 5.74) is 1.43. The Morgan fingerprint density at radius 1 is 1.31 bits per heavy atom. The maximum atomic E-state index is 3.54. The van der Waals surface area contributed by atoms with Gasteiger partial charge in [-0.2, -0.15) is 0 Å². The molecule has 0 spiro atoms. The topological polar surface area (TPSA) is 15.3 Å². The number of hydrogen-bond acceptors (Lipinski definition) is 3. The van der Waals surface area contributed by atoms with Gasteiger partial charge in [-0.15, -0.1) is 11.3 Å². The van der Waals surface area contributed by atoms with E-state index in [0.717, 1.165) is 13.1 Å². The van der Waals surface area contributed by atoms with Crippen LogP contribution in [0.15, 0.2) is 6.07 Å². The third-order valence-electron chi connectivity index (χ3n) is 3.32. The van der Waals surface area contributed by atoms with Crippen molar-refractivity contribution in [1.29, 1.82) is 0 Å². The molecule has 0 atom stereocenters. The number of hydrogen-bond donors (Lipinski definition) is 1. The minimum atomic E-state index is 1.03. The molecule has 1 aliphatic heterocycles. The molecule has 0 aromatic carbocycles. The minimum absolute atomic E-state index is 1.03. The molecule has 90 valence electrons. The van der Waals surface area contributed by atoms with Gasteiger partial charge in [0.05, 0.1) is 0 Å². The fourth-order valence-corrected chi connectivity index (χ4v) is 3.21. The summed E-state index contributed by atoms with van der Waals surface area (Å²) in [5, 5.41) is 3.54. The van der Waals surface area contributed by atoms with Crippen LogP contribution < -0.4 is 5.32 Å². The van der Waals surface area contributed by atoms with Gasteiger partial charge in [0.25, 0.3) is 0 Å². The molecule has 16 heavy (non-hydrogen) atoms. The average molecular weight is 238 g/mol. The van der Waals surface area contributed by atoms with Crippen LogP contribution in [0.3, 0.4) is 0 Å². The standard InChI is InChI=1S/C13H22N2S/c1-11-9-13(16-12(11)2)10-14-5-8-15-6-3-4-7-15/h9,14H,3-8,10H2,1-2H3. The molecule has 1 aliphatic rings. The summed E-state index contributed by atoms with van der Waals surface area (Å²) in [6.07, 6.45) is 2.78. The van der Waals surface area contributed by atoms with Gasteiger partial charge in [0.2, 0.25) is 0 Å². The lowest BCUT2D eigenvalue weighted by molar-refractivity contribution is 0.336. The number of nitrogens with one attached hydrogen (secondary N) is 1. The van der Waals surface area contributed by atoms with Crippen molar-refractivity contribution >= 4 is 11.3 Å². The third kappa shape index (κ3) is 3.30. The van der Waals surface area contributed by atoms with Gasteiger partial charge >= 0.3 is 0 Å². The lowest BCUT2D eigenvalue weighted by atomic mass is 10.3. The van der Waals surface area contributed by atoms with E-state index in [9.17, 15) is 0 Å². The number of likely N-dealkylation sites (tertiary alicyclic amines) is 1. The zero-order valence-electron chi connectivity index (χ0n) is 10.4. The highest BCUT2D eigenvalue weighted by Crippen LogP contribution is 2.20. The van der Waals surface area contributed by atoms with Crippen LogP contribution in [-0.4, -0.2) is 31.1 Å². The van der Waals surface area contributed by atoms with Crippen molar-refractivity contribution < 1.29 is 0 Å². The Labute approximate surface area is 103 Å². The second kappa shape index (κ2) is 5.80. The van der Waals surface area contributed by atoms with Crippen molar-refractivity contribution in [3.63, 3.8) is 0 Å². The van der Waals surface area contributed by atoms with E-state index in [1.165, 1.54) is 47.8 Å². The molecule has 0 bridgehead atoms. The molecule has 2 rings (SSSR count). The zero-order chi connectivity index (χ0) is 11.4. The molecule has 0 aliphatic carbocycles. The fourth-order valence-electron chi connectivity index (χ4n) is 2.19. The lowest BCUT2D eigenvalue weighted by Gasteiger charge is -2.14. The monoisotopic (exact) mass is 238 g/mol. The van der Waals surface area contributed by atoms with Crippen LogP contribution in [0.1, 0.15) is 28.2 Å². The Morgan fingerprint density at radius 3 is 2.69 bits per heavy atom. The molecular weight excluding hydrogens is 216 g/mol. The Morgan fingerprint density at radius 2 is 2.06 bits per heavy atom. The Hall–Kier alpha value is -0.380. The number of rotatable bonds is 5. The summed E-state index contributed by atoms with van der Waals surface area (Å²) >= 11 is 1.92. The van der Waals surface area contributed by atoms with Crippen LogP contribution in [0.2, 0.25) is 0 Å². The van der Waals surface area contributed by atoms with Gasteiger partial charge in [0, 0.05) is 29.4 Å². The average Bonchev–Trinajstić information content (AvgIpc) is 2.85. The molecule has 0 unspecified atom stereocenters. The molecule has 2 heterocycles. The summed E-state index contributed by atoms with van der Waals surface area (Å²) in [6, 6.07) is 2.31. The molecule has 1 N–H and O–H groups in total. The van der Waals surface area contributed by atoms with E-state index < -0.39 is 0 Å². The molecule has 3 heteroatoms. The SMILES string of the molecule is Cc1cc(CNCCN2CCCC2)sc1C. The van der Waals surface area contributed by atoms with Crippen LogP contribution in [0.25, 0.3) is 0 Å². The van der Waals surface area contributed by atoms with E-state index in [4.69, 9.17) is 0 Å². The van der Waals surface area contributed by atoms with Crippen LogP contribution in [0.4, 0.5) is 0 Å². The maximum absolute atomic E-state index is 3.54. The number of nitrogens with zero attached hydrogens (tertiary/aromatic N) is 1. The molecule has 0 radical (unpaired) electrons. The molecule has 2 nitrogen and oxygen atoms in total. The predicted octanol–water partition coefficient (Wildman–Crippen LogP) is 2.55. The van der Waals surface area contributed by atoms with Gasteiger partial charge in [-0.1, -0.05) is 0 Å². The molecule has 0 saturated carbocycles. The van der Waals surface area contributed by atoms with E-state index in [1.54, 1.807) is 0 Å². The highest BCUT2D eigenvalue weighted by Gasteiger charge is 2.10. The third-order valence-corrected chi connectivity index (χ3v) is 4.47. The second-order valence-electron chi connectivity index (χ2n) is 4.68. The van der Waals surface area contributed by atoms with Gasteiger partial charge in [-0.25, -0.2) is 0 Å². The first-order chi connectivity index (χ1) is 7.75. The van der Waals surface area contributed by atoms with Crippen LogP contribution in [0.5, 0.6) is 0 Å². The van der Waals surface area contributed by atoms with Gasteiger partial charge in [-0.05, 0) is 51.4 Å². The minimum Gasteiger partial charge on any atom is -0.311 e. The van der Waals surface area contributed by atoms with Gasteiger partial charge < -0.3 is 10.2 Å². The summed E-state index contributed by atoms with van der Waals surface area (Å²) < 4.78 is 0. The molecular formula is C13H22N2S. The first-order valence-corrected chi connectivity index (χ1v) is 7.06. The summed E-state index contributed by atoms with van der Waals surface area (Å²) in [4.78, 5) is 5.48. The van der Waals surface area contributed by atoms with Crippen molar-refractivity contribution in [2.24, 2.45) is 0 Å². The van der Waals surface area contributed by atoms with Crippen molar-refractivity contribution in [2.75, 3.05) is 26.2 Å². The quantitative estimate of drug-likeness (QED) is 0.793. The molecule has 1 aromatic rings.